The second-order valence-electron chi connectivity index (χ2n) is 5.57. The number of carbonyl (C=O) groups is 1. The number of aromatic hydroxyl groups is 1. The van der Waals surface area contributed by atoms with Gasteiger partial charge in [-0.3, -0.25) is 0 Å². The van der Waals surface area contributed by atoms with E-state index in [1.165, 1.54) is 6.07 Å². The van der Waals surface area contributed by atoms with Crippen LogP contribution in [0.1, 0.15) is 21.5 Å². The number of phenols is 1. The summed E-state index contributed by atoms with van der Waals surface area (Å²) in [7, 11) is 0. The monoisotopic (exact) mass is 307 g/mol. The lowest BCUT2D eigenvalue weighted by Crippen LogP contribution is -2.01. The Morgan fingerprint density at radius 3 is 2.35 bits per heavy atom. The zero-order valence-electron chi connectivity index (χ0n) is 12.7. The van der Waals surface area contributed by atoms with Gasteiger partial charge in [0.25, 0.3) is 0 Å². The normalized spacial score (nSPS) is 10.9. The Kier molecular flexibility index (Phi) is 3.76. The first kappa shape index (κ1) is 15.1. The van der Waals surface area contributed by atoms with Crippen molar-refractivity contribution in [2.24, 2.45) is 5.73 Å². The molecular weight excluding hydrogens is 290 g/mol. The third kappa shape index (κ3) is 2.64. The quantitative estimate of drug-likeness (QED) is 0.689. The summed E-state index contributed by atoms with van der Waals surface area (Å²) < 4.78 is 0. The van der Waals surface area contributed by atoms with E-state index in [2.05, 4.69) is 0 Å². The number of aryl methyl sites for hydroxylation is 1. The molecule has 0 aliphatic rings. The van der Waals surface area contributed by atoms with Crippen LogP contribution in [0.4, 0.5) is 0 Å². The summed E-state index contributed by atoms with van der Waals surface area (Å²) in [5, 5.41) is 21.1. The topological polar surface area (TPSA) is 83.6 Å². The summed E-state index contributed by atoms with van der Waals surface area (Å²) in [5.41, 5.74) is 9.07. The van der Waals surface area contributed by atoms with Crippen LogP contribution in [-0.4, -0.2) is 16.2 Å². The van der Waals surface area contributed by atoms with E-state index in [9.17, 15) is 15.0 Å². The molecule has 4 nitrogen and oxygen atoms in total. The Balaban J connectivity index is 2.37. The molecule has 3 aromatic rings. The van der Waals surface area contributed by atoms with Gasteiger partial charge >= 0.3 is 5.97 Å². The number of benzene rings is 3. The molecule has 0 aliphatic heterocycles. The Labute approximate surface area is 133 Å². The van der Waals surface area contributed by atoms with Gasteiger partial charge in [0.2, 0.25) is 0 Å². The number of fused-ring (bicyclic) bond motifs is 1. The fourth-order valence-electron chi connectivity index (χ4n) is 2.81. The van der Waals surface area contributed by atoms with E-state index in [0.29, 0.717) is 22.9 Å². The Bertz CT molecular complexity index is 899. The van der Waals surface area contributed by atoms with Gasteiger partial charge in [-0.05, 0) is 35.6 Å². The van der Waals surface area contributed by atoms with E-state index >= 15 is 0 Å². The van der Waals surface area contributed by atoms with Crippen LogP contribution in [0.3, 0.4) is 0 Å². The highest BCUT2D eigenvalue weighted by Gasteiger charge is 2.18. The molecular formula is C19H17NO3. The van der Waals surface area contributed by atoms with Gasteiger partial charge in [-0.2, -0.15) is 0 Å². The van der Waals surface area contributed by atoms with E-state index in [1.54, 1.807) is 0 Å². The second-order valence-corrected chi connectivity index (χ2v) is 5.57. The maximum Gasteiger partial charge on any atom is 0.336 e. The maximum atomic E-state index is 11.6. The lowest BCUT2D eigenvalue weighted by molar-refractivity contribution is 0.0697. The Hall–Kier alpha value is -2.85. The first-order valence-electron chi connectivity index (χ1n) is 7.30. The number of aromatic carboxylic acids is 1. The van der Waals surface area contributed by atoms with Crippen molar-refractivity contribution in [3.05, 3.63) is 65.2 Å². The van der Waals surface area contributed by atoms with Gasteiger partial charge in [-0.25, -0.2) is 4.79 Å². The Morgan fingerprint density at radius 1 is 1.04 bits per heavy atom. The number of carboxylic acid groups (broad SMARTS) is 1. The van der Waals surface area contributed by atoms with Crippen molar-refractivity contribution in [1.29, 1.82) is 0 Å². The predicted molar refractivity (Wildman–Crippen MR) is 90.6 cm³/mol. The predicted octanol–water partition coefficient (Wildman–Crippen LogP) is 3.68. The van der Waals surface area contributed by atoms with Gasteiger partial charge in [0.05, 0.1) is 5.56 Å². The van der Waals surface area contributed by atoms with Crippen LogP contribution >= 0.6 is 0 Å². The van der Waals surface area contributed by atoms with Crippen LogP contribution in [-0.2, 0) is 6.54 Å². The molecule has 0 aliphatic carbocycles. The molecule has 4 N–H and O–H groups in total. The molecule has 0 heterocycles. The van der Waals surface area contributed by atoms with Crippen LogP contribution in [0.2, 0.25) is 0 Å². The number of hydrogen-bond donors (Lipinski definition) is 3. The summed E-state index contributed by atoms with van der Waals surface area (Å²) in [4.78, 5) is 11.6. The average Bonchev–Trinajstić information content (AvgIpc) is 2.55. The van der Waals surface area contributed by atoms with Crippen molar-refractivity contribution in [2.75, 3.05) is 0 Å². The second kappa shape index (κ2) is 5.74. The molecule has 0 unspecified atom stereocenters. The van der Waals surface area contributed by atoms with Gasteiger partial charge in [-0.15, -0.1) is 0 Å². The molecule has 0 atom stereocenters. The van der Waals surface area contributed by atoms with Crippen molar-refractivity contribution in [3.8, 4) is 16.9 Å². The fraction of sp³-hybridized carbons (Fsp3) is 0.105. The highest BCUT2D eigenvalue weighted by molar-refractivity contribution is 6.09. The minimum Gasteiger partial charge on any atom is -0.507 e. The molecule has 116 valence electrons. The highest BCUT2D eigenvalue weighted by Crippen LogP contribution is 2.38. The van der Waals surface area contributed by atoms with E-state index < -0.39 is 5.97 Å². The van der Waals surface area contributed by atoms with Crippen LogP contribution in [0.15, 0.2) is 48.5 Å². The van der Waals surface area contributed by atoms with E-state index in [1.807, 2.05) is 49.4 Å². The average molecular weight is 307 g/mol. The molecule has 0 saturated carbocycles. The van der Waals surface area contributed by atoms with Gasteiger partial charge in [0, 0.05) is 17.5 Å². The zero-order chi connectivity index (χ0) is 16.6. The standard InChI is InChI=1S/C19H17NO3/c1-11-2-7-14-15(8-11)17(21)9-16(19(22)23)18(14)13-5-3-12(10-20)4-6-13/h2-9,21H,10,20H2,1H3,(H,22,23). The first-order valence-corrected chi connectivity index (χ1v) is 7.30. The minimum atomic E-state index is -1.07. The van der Waals surface area contributed by atoms with E-state index in [0.717, 1.165) is 16.7 Å². The summed E-state index contributed by atoms with van der Waals surface area (Å²) in [6.45, 7) is 2.36. The molecule has 0 saturated heterocycles. The van der Waals surface area contributed by atoms with Gasteiger partial charge < -0.3 is 15.9 Å². The molecule has 0 spiro atoms. The van der Waals surface area contributed by atoms with Crippen LogP contribution < -0.4 is 5.73 Å². The molecule has 4 heteroatoms. The molecule has 0 amide bonds. The fourth-order valence-corrected chi connectivity index (χ4v) is 2.81. The number of carboxylic acids is 1. The third-order valence-corrected chi connectivity index (χ3v) is 3.98. The molecule has 0 fully saturated rings. The first-order chi connectivity index (χ1) is 11.0. The molecule has 3 rings (SSSR count). The van der Waals surface area contributed by atoms with Crippen LogP contribution in [0.5, 0.6) is 5.75 Å². The Morgan fingerprint density at radius 2 is 1.74 bits per heavy atom. The van der Waals surface area contributed by atoms with E-state index in [4.69, 9.17) is 5.73 Å². The number of nitrogens with two attached hydrogens (primary N) is 1. The molecule has 0 bridgehead atoms. The summed E-state index contributed by atoms with van der Waals surface area (Å²) in [6, 6.07) is 14.4. The van der Waals surface area contributed by atoms with Crippen molar-refractivity contribution < 1.29 is 15.0 Å². The summed E-state index contributed by atoms with van der Waals surface area (Å²) in [5.74, 6) is -1.09. The maximum absolute atomic E-state index is 11.6. The van der Waals surface area contributed by atoms with Crippen molar-refractivity contribution in [2.45, 2.75) is 13.5 Å². The highest BCUT2D eigenvalue weighted by atomic mass is 16.4. The SMILES string of the molecule is Cc1ccc2c(-c3ccc(CN)cc3)c(C(=O)O)cc(O)c2c1. The minimum absolute atomic E-state index is 0.0246. The van der Waals surface area contributed by atoms with Gasteiger partial charge in [0.1, 0.15) is 5.75 Å². The molecule has 3 aromatic carbocycles. The van der Waals surface area contributed by atoms with Crippen LogP contribution in [0.25, 0.3) is 21.9 Å². The summed E-state index contributed by atoms with van der Waals surface area (Å²) >= 11 is 0. The summed E-state index contributed by atoms with van der Waals surface area (Å²) in [6.07, 6.45) is 0. The lowest BCUT2D eigenvalue weighted by Gasteiger charge is -2.13. The molecule has 0 aromatic heterocycles. The third-order valence-electron chi connectivity index (χ3n) is 3.98. The number of rotatable bonds is 3. The van der Waals surface area contributed by atoms with Gasteiger partial charge in [-0.1, -0.05) is 42.0 Å². The van der Waals surface area contributed by atoms with Crippen LogP contribution in [0, 0.1) is 6.92 Å². The van der Waals surface area contributed by atoms with Gasteiger partial charge in [0.15, 0.2) is 0 Å². The van der Waals surface area contributed by atoms with Crippen molar-refractivity contribution >= 4 is 16.7 Å². The number of hydrogen-bond acceptors (Lipinski definition) is 3. The number of phenolic OH excluding ortho intramolecular Hbond substituents is 1. The largest absolute Gasteiger partial charge is 0.507 e. The lowest BCUT2D eigenvalue weighted by atomic mass is 9.91. The van der Waals surface area contributed by atoms with Crippen molar-refractivity contribution in [1.82, 2.24) is 0 Å². The smallest absolute Gasteiger partial charge is 0.336 e. The molecule has 0 radical (unpaired) electrons. The molecule has 23 heavy (non-hydrogen) atoms. The van der Waals surface area contributed by atoms with E-state index in [-0.39, 0.29) is 11.3 Å². The van der Waals surface area contributed by atoms with Crippen molar-refractivity contribution in [3.63, 3.8) is 0 Å². The zero-order valence-corrected chi connectivity index (χ0v) is 12.7.